The molecule has 0 aliphatic carbocycles. The van der Waals surface area contributed by atoms with E-state index in [-0.39, 0.29) is 18.3 Å². The fourth-order valence-electron chi connectivity index (χ4n) is 5.75. The lowest BCUT2D eigenvalue weighted by Crippen LogP contribution is -2.49. The van der Waals surface area contributed by atoms with Gasteiger partial charge in [-0.3, -0.25) is 14.7 Å². The molecule has 2 aliphatic heterocycles. The van der Waals surface area contributed by atoms with Gasteiger partial charge >= 0.3 is 0 Å². The van der Waals surface area contributed by atoms with E-state index in [0.717, 1.165) is 74.8 Å². The van der Waals surface area contributed by atoms with Crippen LogP contribution in [0, 0.1) is 12.8 Å². The highest BCUT2D eigenvalue weighted by Gasteiger charge is 2.27. The van der Waals surface area contributed by atoms with E-state index in [1.165, 1.54) is 0 Å². The number of fused-ring (bicyclic) bond motifs is 1. The molecule has 2 saturated heterocycles. The summed E-state index contributed by atoms with van der Waals surface area (Å²) in [6.07, 6.45) is 2.14. The van der Waals surface area contributed by atoms with Crippen molar-refractivity contribution in [2.24, 2.45) is 11.7 Å². The van der Waals surface area contributed by atoms with Gasteiger partial charge in [0.2, 0.25) is 0 Å². The summed E-state index contributed by atoms with van der Waals surface area (Å²) in [5.41, 5.74) is 10.00. The van der Waals surface area contributed by atoms with Crippen molar-refractivity contribution in [3.63, 3.8) is 0 Å². The molecular formula is C29H41N6O4+. The Balaban J connectivity index is 1.20. The predicted molar refractivity (Wildman–Crippen MR) is 147 cm³/mol. The molecule has 2 aromatic heterocycles. The number of hydrogen-bond donors (Lipinski definition) is 2. The van der Waals surface area contributed by atoms with E-state index < -0.39 is 0 Å². The number of amides is 1. The first kappa shape index (κ1) is 27.4. The molecule has 0 spiro atoms. The number of pyridine rings is 1. The monoisotopic (exact) mass is 537 g/mol. The van der Waals surface area contributed by atoms with Crippen molar-refractivity contribution in [1.29, 1.82) is 0 Å². The number of hydrogen-bond acceptors (Lipinski definition) is 7. The lowest BCUT2D eigenvalue weighted by atomic mass is 10.0. The van der Waals surface area contributed by atoms with E-state index in [4.69, 9.17) is 15.2 Å². The number of carbonyl (C=O) groups excluding carboxylic acids is 1. The second-order valence-corrected chi connectivity index (χ2v) is 10.5. The van der Waals surface area contributed by atoms with Gasteiger partial charge in [-0.1, -0.05) is 0 Å². The highest BCUT2D eigenvalue weighted by molar-refractivity contribution is 5.78. The van der Waals surface area contributed by atoms with Gasteiger partial charge in [-0.05, 0) is 51.0 Å². The lowest BCUT2D eigenvalue weighted by molar-refractivity contribution is -0.687. The second kappa shape index (κ2) is 12.3. The quantitative estimate of drug-likeness (QED) is 0.402. The first-order valence-electron chi connectivity index (χ1n) is 14.1. The van der Waals surface area contributed by atoms with Gasteiger partial charge in [0.05, 0.1) is 25.3 Å². The molecule has 3 N–H and O–H groups in total. The Labute approximate surface area is 229 Å². The Kier molecular flexibility index (Phi) is 8.64. The number of imidazole rings is 1. The first-order chi connectivity index (χ1) is 19.0. The highest BCUT2D eigenvalue weighted by atomic mass is 16.5. The molecule has 2 fully saturated rings. The minimum atomic E-state index is -0.0191. The Morgan fingerprint density at radius 1 is 1.18 bits per heavy atom. The Morgan fingerprint density at radius 2 is 1.95 bits per heavy atom. The van der Waals surface area contributed by atoms with Crippen LogP contribution in [-0.4, -0.2) is 76.4 Å². The largest absolute Gasteiger partial charge is 0.506 e. The molecule has 0 bridgehead atoms. The third-order valence-electron chi connectivity index (χ3n) is 7.98. The smallest absolute Gasteiger partial charge is 0.271 e. The Morgan fingerprint density at radius 3 is 2.67 bits per heavy atom. The van der Waals surface area contributed by atoms with Crippen LogP contribution >= 0.6 is 0 Å². The van der Waals surface area contributed by atoms with E-state index in [0.29, 0.717) is 43.5 Å². The molecule has 10 nitrogen and oxygen atoms in total. The number of benzene rings is 1. The van der Waals surface area contributed by atoms with E-state index in [1.807, 2.05) is 24.0 Å². The van der Waals surface area contributed by atoms with Gasteiger partial charge in [0.1, 0.15) is 11.5 Å². The van der Waals surface area contributed by atoms with Crippen molar-refractivity contribution >= 4 is 16.9 Å². The number of rotatable bonds is 9. The first-order valence-corrected chi connectivity index (χ1v) is 14.1. The SMILES string of the molecule is CCn1c(CN)[n+](CC2CCOCC2)c2ccc(OCC(=O)N3CCN(Cc4nc(C)ccc4O)CC3)cc21. The molecule has 0 unspecified atom stereocenters. The standard InChI is InChI=1S/C29H40N6O4/c1-3-34-26-16-23(5-6-25(26)35(28(34)17-30)18-22-8-14-38-15-9-22)39-20-29(37)33-12-10-32(11-13-33)19-24-27(36)7-4-21(2)31-24/h4-7,16,22H,3,8-15,17-20,30H2,1-2H3/p+1. The zero-order valence-electron chi connectivity index (χ0n) is 23.1. The maximum absolute atomic E-state index is 12.9. The number of piperazine rings is 1. The van der Waals surface area contributed by atoms with Crippen LogP contribution in [0.15, 0.2) is 30.3 Å². The van der Waals surface area contributed by atoms with E-state index >= 15 is 0 Å². The Bertz CT molecular complexity index is 1290. The average molecular weight is 538 g/mol. The molecule has 39 heavy (non-hydrogen) atoms. The molecule has 4 heterocycles. The topological polar surface area (TPSA) is 110 Å². The Hall–Kier alpha value is -3.21. The lowest BCUT2D eigenvalue weighted by Gasteiger charge is -2.34. The third-order valence-corrected chi connectivity index (χ3v) is 7.98. The molecule has 3 aromatic rings. The van der Waals surface area contributed by atoms with Gasteiger partial charge in [-0.2, -0.15) is 0 Å². The van der Waals surface area contributed by atoms with Crippen molar-refractivity contribution in [1.82, 2.24) is 19.4 Å². The molecule has 5 rings (SSSR count). The van der Waals surface area contributed by atoms with Crippen molar-refractivity contribution < 1.29 is 23.9 Å². The van der Waals surface area contributed by atoms with Crippen molar-refractivity contribution in [2.75, 3.05) is 46.0 Å². The molecular weight excluding hydrogens is 496 g/mol. The van der Waals surface area contributed by atoms with Crippen LogP contribution < -0.4 is 15.0 Å². The molecule has 210 valence electrons. The zero-order valence-corrected chi connectivity index (χ0v) is 23.1. The van der Waals surface area contributed by atoms with Gasteiger partial charge in [0.25, 0.3) is 11.7 Å². The molecule has 0 saturated carbocycles. The molecule has 1 amide bonds. The van der Waals surface area contributed by atoms with Crippen LogP contribution in [0.3, 0.4) is 0 Å². The van der Waals surface area contributed by atoms with Crippen LogP contribution in [0.5, 0.6) is 11.5 Å². The fraction of sp³-hybridized carbons (Fsp3) is 0.552. The second-order valence-electron chi connectivity index (χ2n) is 10.5. The van der Waals surface area contributed by atoms with Crippen LogP contribution in [0.4, 0.5) is 0 Å². The maximum Gasteiger partial charge on any atom is 0.271 e. The molecule has 1 aromatic carbocycles. The van der Waals surface area contributed by atoms with Gasteiger partial charge in [-0.15, -0.1) is 0 Å². The summed E-state index contributed by atoms with van der Waals surface area (Å²) in [4.78, 5) is 21.5. The summed E-state index contributed by atoms with van der Waals surface area (Å²) in [6.45, 7) is 11.2. The van der Waals surface area contributed by atoms with Gasteiger partial charge in [0, 0.05) is 63.6 Å². The summed E-state index contributed by atoms with van der Waals surface area (Å²) in [5, 5.41) is 10.1. The summed E-state index contributed by atoms with van der Waals surface area (Å²) in [6, 6.07) is 9.56. The number of nitrogens with two attached hydrogens (primary N) is 1. The summed E-state index contributed by atoms with van der Waals surface area (Å²) in [7, 11) is 0. The number of aromatic hydroxyl groups is 1. The van der Waals surface area contributed by atoms with Gasteiger partial charge in [0.15, 0.2) is 17.6 Å². The molecule has 10 heteroatoms. The number of carbonyl (C=O) groups is 1. The number of aromatic nitrogens is 3. The van der Waals surface area contributed by atoms with Crippen molar-refractivity contribution in [3.05, 3.63) is 47.5 Å². The van der Waals surface area contributed by atoms with Crippen LogP contribution in [0.25, 0.3) is 11.0 Å². The van der Waals surface area contributed by atoms with Crippen LogP contribution in [0.2, 0.25) is 0 Å². The zero-order chi connectivity index (χ0) is 27.4. The van der Waals surface area contributed by atoms with Gasteiger partial charge < -0.3 is 25.2 Å². The minimum Gasteiger partial charge on any atom is -0.506 e. The van der Waals surface area contributed by atoms with Crippen molar-refractivity contribution in [2.45, 2.75) is 52.9 Å². The highest BCUT2D eigenvalue weighted by Crippen LogP contribution is 2.24. The molecule has 2 aliphatic rings. The number of ether oxygens (including phenoxy) is 2. The normalized spacial score (nSPS) is 17.2. The third kappa shape index (κ3) is 6.18. The molecule has 0 atom stereocenters. The molecule has 0 radical (unpaired) electrons. The minimum absolute atomic E-state index is 0.00435. The predicted octanol–water partition coefficient (Wildman–Crippen LogP) is 1.97. The summed E-state index contributed by atoms with van der Waals surface area (Å²) >= 11 is 0. The number of nitrogens with zero attached hydrogens (tertiary/aromatic N) is 5. The van der Waals surface area contributed by atoms with Crippen LogP contribution in [-0.2, 0) is 35.7 Å². The van der Waals surface area contributed by atoms with E-state index in [1.54, 1.807) is 12.1 Å². The fourth-order valence-corrected chi connectivity index (χ4v) is 5.75. The van der Waals surface area contributed by atoms with E-state index in [2.05, 4.69) is 32.0 Å². The summed E-state index contributed by atoms with van der Waals surface area (Å²) in [5.74, 6) is 2.57. The van der Waals surface area contributed by atoms with Crippen LogP contribution in [0.1, 0.15) is 37.0 Å². The van der Waals surface area contributed by atoms with Crippen molar-refractivity contribution in [3.8, 4) is 11.5 Å². The van der Waals surface area contributed by atoms with Gasteiger partial charge in [-0.25, -0.2) is 9.13 Å². The maximum atomic E-state index is 12.9. The van der Waals surface area contributed by atoms with E-state index in [9.17, 15) is 9.90 Å². The average Bonchev–Trinajstić information content (AvgIpc) is 3.26. The number of aryl methyl sites for hydroxylation is 2. The summed E-state index contributed by atoms with van der Waals surface area (Å²) < 4.78 is 16.2.